The van der Waals surface area contributed by atoms with E-state index in [9.17, 15) is 9.18 Å². The van der Waals surface area contributed by atoms with Gasteiger partial charge in [0.1, 0.15) is 11.6 Å². The molecule has 0 atom stereocenters. The second kappa shape index (κ2) is 9.83. The first-order valence-corrected chi connectivity index (χ1v) is 9.69. The van der Waals surface area contributed by atoms with Gasteiger partial charge in [0.05, 0.1) is 23.7 Å². The summed E-state index contributed by atoms with van der Waals surface area (Å²) in [5.41, 5.74) is 2.01. The van der Waals surface area contributed by atoms with E-state index < -0.39 is 0 Å². The van der Waals surface area contributed by atoms with Crippen LogP contribution in [0.4, 0.5) is 4.39 Å². The molecule has 4 nitrogen and oxygen atoms in total. The standard InChI is InChI=1S/C21H21FN2O2S/c22-17-7-9-19(10-8-17)26-12-4-11-23-20(25)14-18-15-27-21(24-18)13-16-5-2-1-3-6-16/h1-3,5-10,15H,4,11-14H2,(H,23,25). The van der Waals surface area contributed by atoms with Gasteiger partial charge in [0.15, 0.2) is 0 Å². The molecule has 27 heavy (non-hydrogen) atoms. The Morgan fingerprint density at radius 2 is 1.89 bits per heavy atom. The maximum atomic E-state index is 12.8. The van der Waals surface area contributed by atoms with Crippen molar-refractivity contribution in [3.63, 3.8) is 0 Å². The van der Waals surface area contributed by atoms with Crippen LogP contribution in [0.25, 0.3) is 0 Å². The molecular weight excluding hydrogens is 363 g/mol. The average molecular weight is 384 g/mol. The maximum absolute atomic E-state index is 12.8. The van der Waals surface area contributed by atoms with Crippen LogP contribution in [-0.4, -0.2) is 24.0 Å². The van der Waals surface area contributed by atoms with Gasteiger partial charge in [-0.25, -0.2) is 9.37 Å². The number of hydrogen-bond donors (Lipinski definition) is 1. The van der Waals surface area contributed by atoms with E-state index in [-0.39, 0.29) is 18.1 Å². The van der Waals surface area contributed by atoms with Crippen molar-refractivity contribution < 1.29 is 13.9 Å². The number of aromatic nitrogens is 1. The number of carbonyl (C=O) groups is 1. The Morgan fingerprint density at radius 3 is 2.67 bits per heavy atom. The first kappa shape index (κ1) is 19.0. The lowest BCUT2D eigenvalue weighted by Crippen LogP contribution is -2.27. The largest absolute Gasteiger partial charge is 0.494 e. The number of nitrogens with one attached hydrogen (secondary N) is 1. The number of thiazole rings is 1. The van der Waals surface area contributed by atoms with Crippen molar-refractivity contribution in [1.29, 1.82) is 0 Å². The third-order valence-electron chi connectivity index (χ3n) is 3.86. The van der Waals surface area contributed by atoms with Gasteiger partial charge in [0.2, 0.25) is 5.91 Å². The van der Waals surface area contributed by atoms with E-state index in [1.165, 1.54) is 17.7 Å². The highest BCUT2D eigenvalue weighted by Crippen LogP contribution is 2.15. The van der Waals surface area contributed by atoms with Crippen molar-refractivity contribution in [1.82, 2.24) is 10.3 Å². The summed E-state index contributed by atoms with van der Waals surface area (Å²) in [6.45, 7) is 0.991. The molecule has 0 saturated heterocycles. The molecule has 1 amide bonds. The summed E-state index contributed by atoms with van der Waals surface area (Å²) in [5, 5.41) is 5.82. The SMILES string of the molecule is O=C(Cc1csc(Cc2ccccc2)n1)NCCCOc1ccc(F)cc1. The smallest absolute Gasteiger partial charge is 0.226 e. The fraction of sp³-hybridized carbons (Fsp3) is 0.238. The summed E-state index contributed by atoms with van der Waals surface area (Å²) in [5.74, 6) is 0.285. The van der Waals surface area contributed by atoms with Crippen molar-refractivity contribution in [3.8, 4) is 5.75 Å². The van der Waals surface area contributed by atoms with Crippen LogP contribution in [0.15, 0.2) is 60.0 Å². The molecule has 0 aliphatic rings. The Bertz CT molecular complexity index is 850. The molecule has 6 heteroatoms. The lowest BCUT2D eigenvalue weighted by Gasteiger charge is -2.07. The molecule has 0 bridgehead atoms. The van der Waals surface area contributed by atoms with Gasteiger partial charge in [-0.05, 0) is 36.2 Å². The number of rotatable bonds is 9. The van der Waals surface area contributed by atoms with Gasteiger partial charge in [-0.15, -0.1) is 11.3 Å². The van der Waals surface area contributed by atoms with Gasteiger partial charge in [-0.1, -0.05) is 30.3 Å². The zero-order valence-electron chi connectivity index (χ0n) is 14.9. The molecule has 1 heterocycles. The zero-order chi connectivity index (χ0) is 18.9. The number of carbonyl (C=O) groups excluding carboxylic acids is 1. The number of benzene rings is 2. The number of hydrogen-bond acceptors (Lipinski definition) is 4. The van der Waals surface area contributed by atoms with E-state index in [0.717, 1.165) is 17.1 Å². The van der Waals surface area contributed by atoms with Crippen LogP contribution in [0.2, 0.25) is 0 Å². The lowest BCUT2D eigenvalue weighted by molar-refractivity contribution is -0.120. The summed E-state index contributed by atoms with van der Waals surface area (Å²) in [6, 6.07) is 16.0. The predicted molar refractivity (Wildman–Crippen MR) is 105 cm³/mol. The molecule has 0 spiro atoms. The molecule has 3 aromatic rings. The lowest BCUT2D eigenvalue weighted by atomic mass is 10.2. The fourth-order valence-corrected chi connectivity index (χ4v) is 3.36. The predicted octanol–water partition coefficient (Wildman–Crippen LogP) is 4.00. The Morgan fingerprint density at radius 1 is 1.11 bits per heavy atom. The van der Waals surface area contributed by atoms with E-state index in [2.05, 4.69) is 22.4 Å². The first-order chi connectivity index (χ1) is 13.2. The molecular formula is C21H21FN2O2S. The maximum Gasteiger partial charge on any atom is 0.226 e. The van der Waals surface area contributed by atoms with E-state index in [4.69, 9.17) is 4.74 Å². The van der Waals surface area contributed by atoms with Crippen molar-refractivity contribution in [3.05, 3.63) is 82.1 Å². The summed E-state index contributed by atoms with van der Waals surface area (Å²) in [4.78, 5) is 16.6. The summed E-state index contributed by atoms with van der Waals surface area (Å²) in [7, 11) is 0. The quantitative estimate of drug-likeness (QED) is 0.568. The summed E-state index contributed by atoms with van der Waals surface area (Å²) >= 11 is 1.58. The van der Waals surface area contributed by atoms with Gasteiger partial charge >= 0.3 is 0 Å². The van der Waals surface area contributed by atoms with Crippen LogP contribution in [0.5, 0.6) is 5.75 Å². The van der Waals surface area contributed by atoms with Gasteiger partial charge < -0.3 is 10.1 Å². The molecule has 3 rings (SSSR count). The van der Waals surface area contributed by atoms with Gasteiger partial charge in [0.25, 0.3) is 0 Å². The molecule has 0 unspecified atom stereocenters. The molecule has 0 radical (unpaired) electrons. The van der Waals surface area contributed by atoms with E-state index in [1.54, 1.807) is 23.5 Å². The van der Waals surface area contributed by atoms with Crippen LogP contribution in [0.1, 0.15) is 22.7 Å². The molecule has 2 aromatic carbocycles. The van der Waals surface area contributed by atoms with Crippen molar-refractivity contribution in [2.24, 2.45) is 0 Å². The number of amides is 1. The minimum atomic E-state index is -0.288. The Balaban J connectivity index is 1.34. The highest BCUT2D eigenvalue weighted by atomic mass is 32.1. The first-order valence-electron chi connectivity index (χ1n) is 8.81. The average Bonchev–Trinajstić information content (AvgIpc) is 3.10. The van der Waals surface area contributed by atoms with Crippen molar-refractivity contribution in [2.75, 3.05) is 13.2 Å². The van der Waals surface area contributed by atoms with Gasteiger partial charge in [0, 0.05) is 18.3 Å². The van der Waals surface area contributed by atoms with Crippen LogP contribution >= 0.6 is 11.3 Å². The molecule has 0 saturated carbocycles. The van der Waals surface area contributed by atoms with E-state index >= 15 is 0 Å². The third kappa shape index (κ3) is 6.49. The summed E-state index contributed by atoms with van der Waals surface area (Å²) in [6.07, 6.45) is 1.75. The van der Waals surface area contributed by atoms with Gasteiger partial charge in [-0.2, -0.15) is 0 Å². The van der Waals surface area contributed by atoms with E-state index in [1.807, 2.05) is 23.6 Å². The van der Waals surface area contributed by atoms with E-state index in [0.29, 0.717) is 25.3 Å². The monoisotopic (exact) mass is 384 g/mol. The van der Waals surface area contributed by atoms with Crippen molar-refractivity contribution >= 4 is 17.2 Å². The highest BCUT2D eigenvalue weighted by molar-refractivity contribution is 7.09. The molecule has 1 aromatic heterocycles. The van der Waals surface area contributed by atoms with Crippen molar-refractivity contribution in [2.45, 2.75) is 19.3 Å². The number of nitrogens with zero attached hydrogens (tertiary/aromatic N) is 1. The molecule has 0 fully saturated rings. The van der Waals surface area contributed by atoms with Crippen LogP contribution in [0.3, 0.4) is 0 Å². The van der Waals surface area contributed by atoms with Crippen LogP contribution in [-0.2, 0) is 17.6 Å². The Hall–Kier alpha value is -2.73. The highest BCUT2D eigenvalue weighted by Gasteiger charge is 2.08. The second-order valence-corrected chi connectivity index (χ2v) is 7.02. The zero-order valence-corrected chi connectivity index (χ0v) is 15.7. The summed E-state index contributed by atoms with van der Waals surface area (Å²) < 4.78 is 18.3. The molecule has 0 aliphatic heterocycles. The fourth-order valence-electron chi connectivity index (χ4n) is 2.53. The minimum absolute atomic E-state index is 0.0478. The molecule has 140 valence electrons. The second-order valence-electron chi connectivity index (χ2n) is 6.08. The topological polar surface area (TPSA) is 51.2 Å². The van der Waals surface area contributed by atoms with Gasteiger partial charge in [-0.3, -0.25) is 4.79 Å². The Kier molecular flexibility index (Phi) is 6.93. The molecule has 1 N–H and O–H groups in total. The number of ether oxygens (including phenoxy) is 1. The minimum Gasteiger partial charge on any atom is -0.494 e. The van der Waals surface area contributed by atoms with Crippen LogP contribution in [0, 0.1) is 5.82 Å². The third-order valence-corrected chi connectivity index (χ3v) is 4.76. The van der Waals surface area contributed by atoms with Crippen LogP contribution < -0.4 is 10.1 Å². The normalized spacial score (nSPS) is 10.6. The Labute approximate surface area is 162 Å². The number of halogens is 1. The molecule has 0 aliphatic carbocycles.